The van der Waals surface area contributed by atoms with Gasteiger partial charge in [0.15, 0.2) is 6.10 Å². The number of ether oxygens (including phenoxy) is 3. The van der Waals surface area contributed by atoms with Gasteiger partial charge in [-0.05, 0) is 12.1 Å². The monoisotopic (exact) mass is 349 g/mol. The summed E-state index contributed by atoms with van der Waals surface area (Å²) >= 11 is 0. The van der Waals surface area contributed by atoms with Gasteiger partial charge in [-0.15, -0.1) is 0 Å². The second kappa shape index (κ2) is 7.37. The minimum atomic E-state index is -5.08. The number of methoxy groups -OCH3 is 2. The van der Waals surface area contributed by atoms with Gasteiger partial charge in [0, 0.05) is 32.8 Å². The molecule has 6 nitrogen and oxygen atoms in total. The van der Waals surface area contributed by atoms with Gasteiger partial charge >= 0.3 is 12.0 Å². The normalized spacial score (nSPS) is 23.8. The van der Waals surface area contributed by atoms with Crippen molar-refractivity contribution in [3.63, 3.8) is 0 Å². The van der Waals surface area contributed by atoms with Crippen molar-refractivity contribution in [3.8, 4) is 5.75 Å². The number of benzene rings is 1. The maximum atomic E-state index is 13.1. The van der Waals surface area contributed by atoms with Gasteiger partial charge in [0.2, 0.25) is 0 Å². The van der Waals surface area contributed by atoms with Gasteiger partial charge in [0.25, 0.3) is 0 Å². The molecule has 1 aliphatic rings. The summed E-state index contributed by atoms with van der Waals surface area (Å²) in [6.07, 6.45) is -6.30. The summed E-state index contributed by atoms with van der Waals surface area (Å²) in [5, 5.41) is 13.2. The van der Waals surface area contributed by atoms with Crippen molar-refractivity contribution in [2.75, 3.05) is 27.4 Å². The van der Waals surface area contributed by atoms with Crippen molar-refractivity contribution in [1.82, 2.24) is 0 Å². The van der Waals surface area contributed by atoms with E-state index in [4.69, 9.17) is 14.2 Å². The van der Waals surface area contributed by atoms with Gasteiger partial charge in [-0.3, -0.25) is 0 Å². The molecule has 9 heteroatoms. The standard InChI is InChI=1S/C15H18F3NO5/c1-21-8-5-9-23-11-7-4-3-6-10(11)12-13(22-2)14(20,24-19-12)15(16,17)18/h3-4,6-7,13,20H,5,8-9H2,1-2H3. The van der Waals surface area contributed by atoms with E-state index < -0.39 is 18.1 Å². The fourth-order valence-electron chi connectivity index (χ4n) is 2.25. The minimum Gasteiger partial charge on any atom is -0.493 e. The molecule has 1 N–H and O–H groups in total. The quantitative estimate of drug-likeness (QED) is 0.764. The average molecular weight is 349 g/mol. The Morgan fingerprint density at radius 2 is 1.96 bits per heavy atom. The van der Waals surface area contributed by atoms with E-state index in [1.54, 1.807) is 25.3 Å². The molecule has 0 bridgehead atoms. The Labute approximate surface area is 136 Å². The molecule has 2 unspecified atom stereocenters. The molecule has 2 atom stereocenters. The highest BCUT2D eigenvalue weighted by molar-refractivity contribution is 6.07. The number of nitrogens with zero attached hydrogens (tertiary/aromatic N) is 1. The molecule has 1 aliphatic heterocycles. The molecule has 1 heterocycles. The summed E-state index contributed by atoms with van der Waals surface area (Å²) in [6.45, 7) is 0.793. The zero-order valence-corrected chi connectivity index (χ0v) is 13.2. The number of hydrogen-bond acceptors (Lipinski definition) is 6. The van der Waals surface area contributed by atoms with Crippen LogP contribution in [0.5, 0.6) is 5.75 Å². The van der Waals surface area contributed by atoms with Crippen LogP contribution in [0.25, 0.3) is 0 Å². The first kappa shape index (κ1) is 18.5. The molecule has 24 heavy (non-hydrogen) atoms. The topological polar surface area (TPSA) is 69.5 Å². The van der Waals surface area contributed by atoms with Crippen molar-refractivity contribution in [2.24, 2.45) is 5.16 Å². The van der Waals surface area contributed by atoms with Crippen LogP contribution in [-0.2, 0) is 14.3 Å². The highest BCUT2D eigenvalue weighted by atomic mass is 19.4. The molecular weight excluding hydrogens is 331 g/mol. The van der Waals surface area contributed by atoms with Crippen molar-refractivity contribution in [2.45, 2.75) is 24.5 Å². The SMILES string of the molecule is COCCCOc1ccccc1C1=NOC(O)(C(F)(F)F)C1OC. The number of rotatable bonds is 7. The van der Waals surface area contributed by atoms with E-state index in [0.717, 1.165) is 7.11 Å². The Hall–Kier alpha value is -1.84. The van der Waals surface area contributed by atoms with E-state index in [1.165, 1.54) is 6.07 Å². The Kier molecular flexibility index (Phi) is 5.68. The predicted molar refractivity (Wildman–Crippen MR) is 77.9 cm³/mol. The van der Waals surface area contributed by atoms with Gasteiger partial charge in [0.05, 0.1) is 6.61 Å². The van der Waals surface area contributed by atoms with Gasteiger partial charge in [-0.2, -0.15) is 13.2 Å². The molecule has 2 rings (SSSR count). The third kappa shape index (κ3) is 3.47. The van der Waals surface area contributed by atoms with Crippen molar-refractivity contribution >= 4 is 5.71 Å². The lowest BCUT2D eigenvalue weighted by atomic mass is 9.98. The molecule has 0 spiro atoms. The molecule has 1 aromatic carbocycles. The number of aliphatic hydroxyl groups is 1. The zero-order valence-electron chi connectivity index (χ0n) is 13.2. The summed E-state index contributed by atoms with van der Waals surface area (Å²) in [6, 6.07) is 6.38. The lowest BCUT2D eigenvalue weighted by molar-refractivity contribution is -0.377. The summed E-state index contributed by atoms with van der Waals surface area (Å²) < 4.78 is 54.5. The number of hydrogen-bond donors (Lipinski definition) is 1. The summed E-state index contributed by atoms with van der Waals surface area (Å²) in [7, 11) is 2.59. The largest absolute Gasteiger partial charge is 0.493 e. The minimum absolute atomic E-state index is 0.195. The maximum Gasteiger partial charge on any atom is 0.461 e. The molecule has 0 aromatic heterocycles. The maximum absolute atomic E-state index is 13.1. The van der Waals surface area contributed by atoms with E-state index in [-0.39, 0.29) is 11.3 Å². The lowest BCUT2D eigenvalue weighted by Gasteiger charge is -2.28. The van der Waals surface area contributed by atoms with Crippen LogP contribution < -0.4 is 4.74 Å². The van der Waals surface area contributed by atoms with E-state index in [9.17, 15) is 18.3 Å². The van der Waals surface area contributed by atoms with Gasteiger partial charge in [-0.1, -0.05) is 17.3 Å². The van der Waals surface area contributed by atoms with E-state index >= 15 is 0 Å². The van der Waals surface area contributed by atoms with E-state index in [2.05, 4.69) is 9.99 Å². The molecule has 1 aromatic rings. The number of para-hydroxylation sites is 1. The van der Waals surface area contributed by atoms with Crippen molar-refractivity contribution in [3.05, 3.63) is 29.8 Å². The predicted octanol–water partition coefficient (Wildman–Crippen LogP) is 2.10. The zero-order chi connectivity index (χ0) is 17.8. The Morgan fingerprint density at radius 1 is 1.25 bits per heavy atom. The van der Waals surface area contributed by atoms with Crippen molar-refractivity contribution < 1.29 is 37.3 Å². The molecule has 0 aliphatic carbocycles. The third-order valence-electron chi connectivity index (χ3n) is 3.44. The first-order valence-electron chi connectivity index (χ1n) is 7.14. The first-order valence-corrected chi connectivity index (χ1v) is 7.14. The first-order chi connectivity index (χ1) is 11.3. The van der Waals surface area contributed by atoms with Crippen LogP contribution in [0.15, 0.2) is 29.4 Å². The highest BCUT2D eigenvalue weighted by Crippen LogP contribution is 2.41. The van der Waals surface area contributed by atoms with Gasteiger partial charge in [0.1, 0.15) is 11.5 Å². The van der Waals surface area contributed by atoms with Crippen LogP contribution in [0.4, 0.5) is 13.2 Å². The number of halogens is 3. The number of oxime groups is 1. The average Bonchev–Trinajstić information content (AvgIpc) is 2.89. The van der Waals surface area contributed by atoms with Crippen LogP contribution in [0.2, 0.25) is 0 Å². The second-order valence-electron chi connectivity index (χ2n) is 5.07. The van der Waals surface area contributed by atoms with Crippen LogP contribution >= 0.6 is 0 Å². The van der Waals surface area contributed by atoms with Crippen LogP contribution in [0.1, 0.15) is 12.0 Å². The smallest absolute Gasteiger partial charge is 0.461 e. The summed E-state index contributed by atoms with van der Waals surface area (Å²) in [5.74, 6) is -3.23. The summed E-state index contributed by atoms with van der Waals surface area (Å²) in [5.41, 5.74) is 0.0570. The molecule has 0 fully saturated rings. The third-order valence-corrected chi connectivity index (χ3v) is 3.44. The van der Waals surface area contributed by atoms with Gasteiger partial charge in [-0.25, -0.2) is 0 Å². The fraction of sp³-hybridized carbons (Fsp3) is 0.533. The molecule has 0 radical (unpaired) electrons. The van der Waals surface area contributed by atoms with E-state index in [0.29, 0.717) is 25.4 Å². The van der Waals surface area contributed by atoms with Gasteiger partial charge < -0.3 is 24.2 Å². The van der Waals surface area contributed by atoms with Crippen molar-refractivity contribution in [1.29, 1.82) is 0 Å². The molecule has 134 valence electrons. The number of alkyl halides is 3. The highest BCUT2D eigenvalue weighted by Gasteiger charge is 2.67. The molecule has 0 amide bonds. The van der Waals surface area contributed by atoms with Crippen LogP contribution in [0, 0.1) is 0 Å². The van der Waals surface area contributed by atoms with Crippen LogP contribution in [-0.4, -0.2) is 56.3 Å². The van der Waals surface area contributed by atoms with Crippen LogP contribution in [0.3, 0.4) is 0 Å². The molecule has 0 saturated carbocycles. The Bertz CT molecular complexity index is 593. The molecule has 0 saturated heterocycles. The Morgan fingerprint density at radius 3 is 2.58 bits per heavy atom. The van der Waals surface area contributed by atoms with E-state index in [1.807, 2.05) is 0 Å². The second-order valence-corrected chi connectivity index (χ2v) is 5.07. The fourth-order valence-corrected chi connectivity index (χ4v) is 2.25. The Balaban J connectivity index is 2.25. The molecular formula is C15H18F3NO5. The summed E-state index contributed by atoms with van der Waals surface area (Å²) in [4.78, 5) is 4.29. The lowest BCUT2D eigenvalue weighted by Crippen LogP contribution is -2.56.